The first-order valence-electron chi connectivity index (χ1n) is 10.1. The summed E-state index contributed by atoms with van der Waals surface area (Å²) in [6.45, 7) is 2.73. The van der Waals surface area contributed by atoms with Gasteiger partial charge in [-0.2, -0.15) is 4.68 Å². The van der Waals surface area contributed by atoms with Gasteiger partial charge >= 0.3 is 0 Å². The quantitative estimate of drug-likeness (QED) is 0.605. The molecule has 4 heterocycles. The lowest BCUT2D eigenvalue weighted by Crippen LogP contribution is -2.40. The van der Waals surface area contributed by atoms with Crippen LogP contribution in [0.15, 0.2) is 30.3 Å². The van der Waals surface area contributed by atoms with Gasteiger partial charge in [0, 0.05) is 30.3 Å². The highest BCUT2D eigenvalue weighted by Crippen LogP contribution is 2.32. The van der Waals surface area contributed by atoms with E-state index in [9.17, 15) is 5.11 Å². The Bertz CT molecular complexity index is 990. The maximum Gasteiger partial charge on any atom is 0.153 e. The lowest BCUT2D eigenvalue weighted by Gasteiger charge is -2.29. The second-order valence-electron chi connectivity index (χ2n) is 8.00. The van der Waals surface area contributed by atoms with Gasteiger partial charge < -0.3 is 15.7 Å². The van der Waals surface area contributed by atoms with Crippen molar-refractivity contribution in [3.8, 4) is 22.7 Å². The number of fused-ring (bicyclic) bond motifs is 2. The molecule has 3 N–H and O–H groups in total. The maximum atomic E-state index is 10.5. The van der Waals surface area contributed by atoms with Crippen molar-refractivity contribution in [2.24, 2.45) is 5.92 Å². The van der Waals surface area contributed by atoms with Gasteiger partial charge in [-0.15, -0.1) is 15.3 Å². The molecule has 2 bridgehead atoms. The molecule has 0 radical (unpaired) electrons. The van der Waals surface area contributed by atoms with Gasteiger partial charge in [0.05, 0.1) is 11.4 Å². The SMILES string of the molecule is Cc1nnnn1-c1ccc(-c2ccc(NCC3CC4CCC(C3)N4)nn2)c(O)c1. The molecule has 0 amide bonds. The Morgan fingerprint density at radius 3 is 2.59 bits per heavy atom. The molecule has 1 aromatic carbocycles. The summed E-state index contributed by atoms with van der Waals surface area (Å²) in [4.78, 5) is 0. The molecule has 150 valence electrons. The molecule has 2 aromatic heterocycles. The first-order valence-corrected chi connectivity index (χ1v) is 10.1. The predicted octanol–water partition coefficient (Wildman–Crippen LogP) is 2.08. The van der Waals surface area contributed by atoms with Crippen LogP contribution in [0.4, 0.5) is 5.82 Å². The summed E-state index contributed by atoms with van der Waals surface area (Å²) in [6, 6.07) is 10.4. The fourth-order valence-electron chi connectivity index (χ4n) is 4.50. The number of benzene rings is 1. The zero-order chi connectivity index (χ0) is 19.8. The van der Waals surface area contributed by atoms with Gasteiger partial charge in [-0.3, -0.25) is 0 Å². The third-order valence-electron chi connectivity index (χ3n) is 5.93. The van der Waals surface area contributed by atoms with Gasteiger partial charge in [0.1, 0.15) is 11.6 Å². The fraction of sp³-hybridized carbons (Fsp3) is 0.450. The Kier molecular flexibility index (Phi) is 4.59. The molecule has 2 atom stereocenters. The molecule has 2 aliphatic heterocycles. The number of tetrazole rings is 1. The zero-order valence-electron chi connectivity index (χ0n) is 16.3. The second-order valence-corrected chi connectivity index (χ2v) is 8.00. The normalized spacial score (nSPS) is 23.3. The lowest BCUT2D eigenvalue weighted by atomic mass is 9.92. The number of hydrogen-bond donors (Lipinski definition) is 3. The molecule has 5 rings (SSSR count). The van der Waals surface area contributed by atoms with Crippen LogP contribution in [-0.2, 0) is 0 Å². The highest BCUT2D eigenvalue weighted by Gasteiger charge is 2.33. The number of rotatable bonds is 5. The van der Waals surface area contributed by atoms with Crippen LogP contribution in [0.5, 0.6) is 5.75 Å². The van der Waals surface area contributed by atoms with Gasteiger partial charge in [0.25, 0.3) is 0 Å². The first kappa shape index (κ1) is 18.0. The Labute approximate surface area is 168 Å². The molecule has 9 heteroatoms. The summed E-state index contributed by atoms with van der Waals surface area (Å²) in [5, 5.41) is 37.6. The van der Waals surface area contributed by atoms with Crippen LogP contribution in [-0.4, -0.2) is 54.1 Å². The molecular formula is C20H24N8O. The number of phenols is 1. The van der Waals surface area contributed by atoms with E-state index in [0.29, 0.717) is 40.8 Å². The number of nitrogens with zero attached hydrogens (tertiary/aromatic N) is 6. The molecule has 2 saturated heterocycles. The molecule has 2 fully saturated rings. The van der Waals surface area contributed by atoms with E-state index < -0.39 is 0 Å². The van der Waals surface area contributed by atoms with Crippen molar-refractivity contribution in [3.05, 3.63) is 36.2 Å². The van der Waals surface area contributed by atoms with E-state index in [2.05, 4.69) is 36.4 Å². The van der Waals surface area contributed by atoms with Crippen molar-refractivity contribution < 1.29 is 5.11 Å². The predicted molar refractivity (Wildman–Crippen MR) is 108 cm³/mol. The number of aryl methyl sites for hydroxylation is 1. The molecule has 2 unspecified atom stereocenters. The largest absolute Gasteiger partial charge is 0.507 e. The van der Waals surface area contributed by atoms with E-state index in [1.807, 2.05) is 18.2 Å². The van der Waals surface area contributed by atoms with Crippen molar-refractivity contribution in [3.63, 3.8) is 0 Å². The van der Waals surface area contributed by atoms with Crippen molar-refractivity contribution in [2.45, 2.75) is 44.7 Å². The highest BCUT2D eigenvalue weighted by molar-refractivity contribution is 5.68. The molecule has 0 aliphatic carbocycles. The van der Waals surface area contributed by atoms with Crippen LogP contribution < -0.4 is 10.6 Å². The Hall–Kier alpha value is -3.07. The fourth-order valence-corrected chi connectivity index (χ4v) is 4.50. The minimum Gasteiger partial charge on any atom is -0.507 e. The number of piperidine rings is 1. The topological polar surface area (TPSA) is 114 Å². The van der Waals surface area contributed by atoms with Crippen molar-refractivity contribution in [2.75, 3.05) is 11.9 Å². The van der Waals surface area contributed by atoms with Crippen molar-refractivity contribution in [1.29, 1.82) is 0 Å². The third-order valence-corrected chi connectivity index (χ3v) is 5.93. The van der Waals surface area contributed by atoms with E-state index in [4.69, 9.17) is 0 Å². The minimum absolute atomic E-state index is 0.109. The van der Waals surface area contributed by atoms with Crippen LogP contribution in [0.2, 0.25) is 0 Å². The summed E-state index contributed by atoms with van der Waals surface area (Å²) >= 11 is 0. The van der Waals surface area contributed by atoms with Gasteiger partial charge in [-0.25, -0.2) is 0 Å². The molecular weight excluding hydrogens is 368 g/mol. The van der Waals surface area contributed by atoms with Crippen molar-refractivity contribution in [1.82, 2.24) is 35.7 Å². The average Bonchev–Trinajstić information content (AvgIpc) is 3.31. The van der Waals surface area contributed by atoms with Gasteiger partial charge in [-0.05, 0) is 73.2 Å². The molecule has 0 spiro atoms. The lowest BCUT2D eigenvalue weighted by molar-refractivity contribution is 0.311. The zero-order valence-corrected chi connectivity index (χ0v) is 16.3. The molecule has 0 saturated carbocycles. The smallest absolute Gasteiger partial charge is 0.153 e. The number of hydrogen-bond acceptors (Lipinski definition) is 8. The summed E-state index contributed by atoms with van der Waals surface area (Å²) in [7, 11) is 0. The molecule has 29 heavy (non-hydrogen) atoms. The first-order chi connectivity index (χ1) is 14.2. The number of aromatic nitrogens is 6. The number of anilines is 1. The highest BCUT2D eigenvalue weighted by atomic mass is 16.3. The monoisotopic (exact) mass is 392 g/mol. The maximum absolute atomic E-state index is 10.5. The minimum atomic E-state index is 0.109. The van der Waals surface area contributed by atoms with E-state index in [1.165, 1.54) is 25.7 Å². The van der Waals surface area contributed by atoms with Crippen LogP contribution >= 0.6 is 0 Å². The van der Waals surface area contributed by atoms with Crippen LogP contribution in [0.3, 0.4) is 0 Å². The van der Waals surface area contributed by atoms with E-state index >= 15 is 0 Å². The Morgan fingerprint density at radius 2 is 1.93 bits per heavy atom. The van der Waals surface area contributed by atoms with E-state index in [1.54, 1.807) is 23.7 Å². The second kappa shape index (κ2) is 7.40. The Morgan fingerprint density at radius 1 is 1.10 bits per heavy atom. The average molecular weight is 392 g/mol. The summed E-state index contributed by atoms with van der Waals surface area (Å²) in [5.74, 6) is 2.20. The molecule has 2 aliphatic rings. The summed E-state index contributed by atoms with van der Waals surface area (Å²) < 4.78 is 1.56. The van der Waals surface area contributed by atoms with Gasteiger partial charge in [-0.1, -0.05) is 0 Å². The molecule has 9 nitrogen and oxygen atoms in total. The third kappa shape index (κ3) is 3.65. The van der Waals surface area contributed by atoms with Crippen LogP contribution in [0.1, 0.15) is 31.5 Å². The van der Waals surface area contributed by atoms with Gasteiger partial charge in [0.2, 0.25) is 0 Å². The van der Waals surface area contributed by atoms with Crippen LogP contribution in [0, 0.1) is 12.8 Å². The standard InChI is InChI=1S/C20H24N8O/c1-12-23-26-27-28(12)16-4-5-17(19(29)10-16)18-6-7-20(25-24-18)21-11-13-8-14-2-3-15(9-13)22-14/h4-7,10,13-15,22,29H,2-3,8-9,11H2,1H3,(H,21,25). The molecule has 3 aromatic rings. The summed E-state index contributed by atoms with van der Waals surface area (Å²) in [5.41, 5.74) is 1.93. The number of aromatic hydroxyl groups is 1. The van der Waals surface area contributed by atoms with Gasteiger partial charge in [0.15, 0.2) is 5.82 Å². The summed E-state index contributed by atoms with van der Waals surface area (Å²) in [6.07, 6.45) is 5.09. The van der Waals surface area contributed by atoms with E-state index in [0.717, 1.165) is 12.4 Å². The van der Waals surface area contributed by atoms with Crippen LogP contribution in [0.25, 0.3) is 16.9 Å². The Balaban J connectivity index is 1.26. The number of phenolic OH excluding ortho intramolecular Hbond substituents is 1. The number of nitrogens with one attached hydrogen (secondary N) is 2. The van der Waals surface area contributed by atoms with Crippen molar-refractivity contribution >= 4 is 5.82 Å². The van der Waals surface area contributed by atoms with E-state index in [-0.39, 0.29) is 5.75 Å².